The topological polar surface area (TPSA) is 307 Å². The van der Waals surface area contributed by atoms with E-state index in [0.717, 1.165) is 102 Å². The summed E-state index contributed by atoms with van der Waals surface area (Å²) >= 11 is 3.21. The number of hydrogen-bond donors (Lipinski definition) is 8. The summed E-state index contributed by atoms with van der Waals surface area (Å²) in [5, 5.41) is 78.7. The first-order chi connectivity index (χ1) is 60.8. The molecule has 2 aromatic rings. The van der Waals surface area contributed by atoms with Crippen LogP contribution >= 0.6 is 23.5 Å². The third kappa shape index (κ3) is 19.2. The maximum Gasteiger partial charge on any atom is 0.338 e. The monoisotopic (exact) mass is 1830 g/mol. The maximum atomic E-state index is 13.2. The van der Waals surface area contributed by atoms with Crippen molar-refractivity contribution in [1.82, 2.24) is 0 Å². The zero-order valence-electron chi connectivity index (χ0n) is 79.9. The summed E-state index contributed by atoms with van der Waals surface area (Å²) in [4.78, 5) is 25.4. The fraction of sp³-hybridized carbons (Fsp3) is 0.827. The van der Waals surface area contributed by atoms with E-state index < -0.39 is 79.6 Å². The number of thioether (sulfide) groups is 2. The summed E-state index contributed by atoms with van der Waals surface area (Å²) < 4.78 is 75.7. The van der Waals surface area contributed by atoms with Crippen molar-refractivity contribution in [3.05, 3.63) is 95.1 Å². The number of aliphatic hydroxyl groups is 8. The normalized spacial score (nSPS) is 48.6. The second-order valence-corrected chi connectivity index (χ2v) is 47.7. The highest BCUT2D eigenvalue weighted by molar-refractivity contribution is 8.00. The lowest BCUT2D eigenvalue weighted by molar-refractivity contribution is -0.313. The number of ether oxygens (including phenoxy) is 12. The van der Waals surface area contributed by atoms with Gasteiger partial charge in [-0.2, -0.15) is 0 Å². The van der Waals surface area contributed by atoms with Crippen LogP contribution < -0.4 is 0 Å². The molecule has 14 fully saturated rings. The van der Waals surface area contributed by atoms with Crippen LogP contribution in [-0.2, 0) is 56.8 Å². The van der Waals surface area contributed by atoms with Gasteiger partial charge in [0.1, 0.15) is 66.3 Å². The van der Waals surface area contributed by atoms with Crippen LogP contribution in [0.3, 0.4) is 0 Å². The molecule has 18 rings (SSSR count). The third-order valence-electron chi connectivity index (χ3n) is 36.4. The first kappa shape index (κ1) is 99.3. The van der Waals surface area contributed by atoms with Gasteiger partial charge in [-0.25, -0.2) is 9.59 Å². The molecule has 8 aliphatic carbocycles. The van der Waals surface area contributed by atoms with Crippen molar-refractivity contribution in [3.63, 3.8) is 0 Å². The number of allylic oxidation sites excluding steroid dienone is 2. The van der Waals surface area contributed by atoms with Crippen molar-refractivity contribution in [3.8, 4) is 0 Å². The molecule has 6 saturated carbocycles. The number of rotatable bonds is 16. The molecule has 2 aromatic carbocycles. The average molecular weight is 1830 g/mol. The lowest BCUT2D eigenvalue weighted by Crippen LogP contribution is -2.60. The number of hydrogen-bond acceptors (Lipinski definition) is 24. The molecule has 0 aromatic heterocycles. The largest absolute Gasteiger partial charge is 0.459 e. The molecule has 720 valence electrons. The number of fused-ring (bicyclic) bond motifs is 14. The van der Waals surface area contributed by atoms with E-state index in [-0.39, 0.29) is 87.9 Å². The summed E-state index contributed by atoms with van der Waals surface area (Å²) in [5.74, 6) is 8.05. The van der Waals surface area contributed by atoms with Gasteiger partial charge in [-0.3, -0.25) is 0 Å². The Labute approximate surface area is 772 Å². The minimum absolute atomic E-state index is 0.0369. The number of esters is 2. The third-order valence-corrected chi connectivity index (χ3v) is 38.9. The first-order valence-corrected chi connectivity index (χ1v) is 51.8. The van der Waals surface area contributed by atoms with Crippen LogP contribution in [0.1, 0.15) is 267 Å². The predicted octanol–water partition coefficient (Wildman–Crippen LogP) is 16.5. The molecule has 0 radical (unpaired) electrons. The van der Waals surface area contributed by atoms with Crippen molar-refractivity contribution >= 4 is 35.5 Å². The molecule has 8 heterocycles. The second-order valence-electron chi connectivity index (χ2n) is 44.3. The van der Waals surface area contributed by atoms with Crippen molar-refractivity contribution in [2.45, 2.75) is 384 Å². The van der Waals surface area contributed by atoms with Crippen LogP contribution in [0.2, 0.25) is 0 Å². The SMILES string of the molecule is CC(C)SC1OC(CO)C(O)C(O)C1O.CC(C)SC1OC(COC(=O)c2ccccc2)C(C)C(C)C1C.CCC1O[C@@H](O[C@H]2CC[C@@]3(C)C(=CC[C@H]4[C@@H]5C[C@@H]6O[C@]7(CC[C@@H](C)CO7)[C@@H](C)[C@@H]6[C@@]5(C)CC[C@@H]43)C2)C(OC(=O)c2ccccc2)C(C)C1C.C[C@@H]1CC[C@@]2(OC1)O[C@H]1C[C@H]3[C@@H]4CC=C5C[C@@H](O[C@@H]6OC(CO)C(O)C(O)C6O)CC[C@]5(C)[C@H]4CC[C@]3(C)[C@H]1[C@@H]2C. The van der Waals surface area contributed by atoms with Crippen molar-refractivity contribution < 1.29 is 107 Å². The van der Waals surface area contributed by atoms with Crippen LogP contribution in [0.25, 0.3) is 0 Å². The van der Waals surface area contributed by atoms with Crippen LogP contribution in [0.5, 0.6) is 0 Å². The predicted molar refractivity (Wildman–Crippen MR) is 492 cm³/mol. The van der Waals surface area contributed by atoms with Gasteiger partial charge in [-0.1, -0.05) is 184 Å². The Morgan fingerprint density at radius 1 is 0.469 bits per heavy atom. The van der Waals surface area contributed by atoms with Gasteiger partial charge in [-0.05, 0) is 238 Å². The van der Waals surface area contributed by atoms with Gasteiger partial charge in [0.2, 0.25) is 0 Å². The molecule has 128 heavy (non-hydrogen) atoms. The molecule has 22 nitrogen and oxygen atoms in total. The van der Waals surface area contributed by atoms with E-state index in [1.54, 1.807) is 17.7 Å². The molecule has 2 spiro atoms. The van der Waals surface area contributed by atoms with Crippen molar-refractivity contribution in [1.29, 1.82) is 0 Å². The van der Waals surface area contributed by atoms with Crippen LogP contribution in [-0.4, -0.2) is 223 Å². The van der Waals surface area contributed by atoms with Crippen LogP contribution in [0.4, 0.5) is 0 Å². The fourth-order valence-electron chi connectivity index (χ4n) is 28.2. The molecule has 0 amide bonds. The number of aliphatic hydroxyl groups excluding tert-OH is 8. The summed E-state index contributed by atoms with van der Waals surface area (Å²) in [6.07, 6.45) is 15.2. The minimum atomic E-state index is -1.41. The highest BCUT2D eigenvalue weighted by Crippen LogP contribution is 2.73. The lowest BCUT2D eigenvalue weighted by atomic mass is 9.47. The zero-order chi connectivity index (χ0) is 91.8. The number of carbonyl (C=O) groups excluding carboxylic acids is 2. The minimum Gasteiger partial charge on any atom is -0.459 e. The quantitative estimate of drug-likeness (QED) is 0.0572. The molecular weight excluding hydrogens is 1670 g/mol. The Morgan fingerprint density at radius 3 is 1.38 bits per heavy atom. The summed E-state index contributed by atoms with van der Waals surface area (Å²) in [6.45, 7) is 42.5. The van der Waals surface area contributed by atoms with E-state index in [9.17, 15) is 45.3 Å². The molecule has 24 heteroatoms. The van der Waals surface area contributed by atoms with E-state index in [4.69, 9.17) is 61.9 Å². The van der Waals surface area contributed by atoms with E-state index in [2.05, 4.69) is 123 Å². The standard InChI is InChI=1S/C43H62O6.C33H52O8.C19H28O3S.C9H18O5S/c1-8-35-26(3)27(4)38(48-39(44)29-12-10-9-11-13-29)40(47-35)46-31-17-19-41(6)30(22-31)14-15-32-33(41)18-20-42(7)34(32)23-36-37(42)28(5)43(49-36)21-16-25(2)24-45-43;1-17-7-12-33(38-16-17)18(2)26-24(41-33)14-23-21-6-5-19-13-20(8-10-31(19,3)22(21)9-11-32(23,26)4)39-30-29(37)28(36)27(35)25(15-34)40-30;1-12(2)23-19-15(5)13(3)14(4)17(22-19)11-21-18(20)16-9-7-6-8-10-16;1-4(2)15-9-8(13)7(12)6(11)5(3-10)14-9/h9-14,25-28,31-38,40H,8,15-24H2,1-7H3;5,17-18,20-30,34-37H,6-16H2,1-4H3;6-10,12-15,17,19H,11H2,1-5H3;4-13H,3H2,1-2H3/t25-,26?,27?,28+,31+,32-,33+,34+,35?,36+,37+,38?,40-,41+,42+,43-;17-,18+,20+,21-,22+,23+,24+,25?,26+,27?,28?,29?,30-,31+,32+,33-;;/m11../s1. The van der Waals surface area contributed by atoms with Gasteiger partial charge >= 0.3 is 11.9 Å². The van der Waals surface area contributed by atoms with E-state index in [1.165, 1.54) is 68.7 Å². The molecule has 8 saturated heterocycles. The van der Waals surface area contributed by atoms with Gasteiger partial charge in [-0.15, -0.1) is 23.5 Å². The Hall–Kier alpha value is -3.16. The molecule has 18 unspecified atom stereocenters. The van der Waals surface area contributed by atoms with Gasteiger partial charge in [0.15, 0.2) is 30.3 Å². The number of carbonyl (C=O) groups is 2. The first-order valence-electron chi connectivity index (χ1n) is 49.9. The smallest absolute Gasteiger partial charge is 0.338 e. The Kier molecular flexibility index (Phi) is 31.4. The van der Waals surface area contributed by atoms with Gasteiger partial charge in [0.05, 0.1) is 74.2 Å². The Bertz CT molecular complexity index is 4040. The Balaban J connectivity index is 0.000000143. The number of benzene rings is 2. The van der Waals surface area contributed by atoms with Gasteiger partial charge < -0.3 is 97.7 Å². The summed E-state index contributed by atoms with van der Waals surface area (Å²) in [6, 6.07) is 18.4. The molecule has 16 aliphatic rings. The summed E-state index contributed by atoms with van der Waals surface area (Å²) in [7, 11) is 0. The second kappa shape index (κ2) is 40.5. The summed E-state index contributed by atoms with van der Waals surface area (Å²) in [5.41, 5.74) is 4.78. The maximum absolute atomic E-state index is 13.2. The fourth-order valence-corrected chi connectivity index (χ4v) is 30.5. The molecule has 0 bridgehead atoms. The average Bonchev–Trinajstić information content (AvgIpc) is 1.52. The zero-order valence-corrected chi connectivity index (χ0v) is 81.6. The van der Waals surface area contributed by atoms with Crippen molar-refractivity contribution in [2.24, 2.45) is 122 Å². The Morgan fingerprint density at radius 2 is 0.914 bits per heavy atom. The van der Waals surface area contributed by atoms with Crippen LogP contribution in [0.15, 0.2) is 84.0 Å². The van der Waals surface area contributed by atoms with E-state index in [0.29, 0.717) is 117 Å². The molecular formula is C104H160O22S2. The molecule has 8 N–H and O–H groups in total. The highest BCUT2D eigenvalue weighted by atomic mass is 32.2. The van der Waals surface area contributed by atoms with Crippen molar-refractivity contribution in [2.75, 3.05) is 33.0 Å². The van der Waals surface area contributed by atoms with E-state index in [1.807, 2.05) is 74.1 Å². The van der Waals surface area contributed by atoms with Gasteiger partial charge in [0, 0.05) is 41.1 Å². The molecule has 8 aliphatic heterocycles. The van der Waals surface area contributed by atoms with Crippen LogP contribution in [0, 0.1) is 122 Å². The highest BCUT2D eigenvalue weighted by Gasteiger charge is 2.71. The lowest BCUT2D eigenvalue weighted by Gasteiger charge is -2.58. The molecule has 42 atom stereocenters. The van der Waals surface area contributed by atoms with E-state index >= 15 is 0 Å². The van der Waals surface area contributed by atoms with Gasteiger partial charge in [0.25, 0.3) is 0 Å².